The molecule has 1 aliphatic rings. The van der Waals surface area contributed by atoms with Crippen LogP contribution in [-0.2, 0) is 18.0 Å². The molecule has 0 unspecified atom stereocenters. The molecule has 6 heteroatoms. The van der Waals surface area contributed by atoms with Crippen molar-refractivity contribution in [2.24, 2.45) is 0 Å². The maximum atomic E-state index is 12.9. The molecule has 1 amide bonds. The molecule has 174 valence electrons. The molecule has 3 aromatic carbocycles. The lowest BCUT2D eigenvalue weighted by atomic mass is 10.1. The Balaban J connectivity index is 1.60. The van der Waals surface area contributed by atoms with Gasteiger partial charge in [0.2, 0.25) is 0 Å². The van der Waals surface area contributed by atoms with Crippen molar-refractivity contribution in [3.63, 3.8) is 0 Å². The van der Waals surface area contributed by atoms with Gasteiger partial charge in [-0.2, -0.15) is 0 Å². The van der Waals surface area contributed by atoms with Gasteiger partial charge < -0.3 is 14.4 Å². The van der Waals surface area contributed by atoms with Crippen LogP contribution in [0.5, 0.6) is 11.5 Å². The third-order valence-corrected chi connectivity index (χ3v) is 6.03. The molecule has 1 aliphatic heterocycles. The summed E-state index contributed by atoms with van der Waals surface area (Å²) < 4.78 is 12.3. The van der Waals surface area contributed by atoms with Crippen LogP contribution in [0.4, 0.5) is 0 Å². The Morgan fingerprint density at radius 2 is 1.44 bits per heavy atom. The van der Waals surface area contributed by atoms with Crippen LogP contribution in [0.2, 0.25) is 0 Å². The summed E-state index contributed by atoms with van der Waals surface area (Å²) in [6, 6.07) is 25.7. The maximum Gasteiger partial charge on any atom is 0.276 e. The van der Waals surface area contributed by atoms with Gasteiger partial charge in [0.1, 0.15) is 18.9 Å². The van der Waals surface area contributed by atoms with E-state index in [1.54, 1.807) is 9.80 Å². The molecule has 0 aliphatic carbocycles. The standard InChI is InChI=1S/C28H28N2O3S/c1-3-16-30-27(31)24(29(2)28(30)34)17-23-14-15-25(32-19-21-10-6-4-7-11-21)26(18-23)33-20-22-12-8-5-9-13-22/h4-15,17-18H,3,16,19-20H2,1-2H3/b24-17+. The van der Waals surface area contributed by atoms with Gasteiger partial charge in [-0.3, -0.25) is 9.69 Å². The summed E-state index contributed by atoms with van der Waals surface area (Å²) in [7, 11) is 1.83. The first kappa shape index (κ1) is 23.5. The third kappa shape index (κ3) is 5.46. The summed E-state index contributed by atoms with van der Waals surface area (Å²) >= 11 is 5.47. The highest BCUT2D eigenvalue weighted by Gasteiger charge is 2.34. The van der Waals surface area contributed by atoms with Crippen molar-refractivity contribution in [3.05, 3.63) is 101 Å². The lowest BCUT2D eigenvalue weighted by Crippen LogP contribution is -2.31. The Kier molecular flexibility index (Phi) is 7.60. The lowest BCUT2D eigenvalue weighted by molar-refractivity contribution is -0.122. The van der Waals surface area contributed by atoms with E-state index < -0.39 is 0 Å². The Bertz CT molecular complexity index is 1180. The van der Waals surface area contributed by atoms with Crippen molar-refractivity contribution in [3.8, 4) is 11.5 Å². The summed E-state index contributed by atoms with van der Waals surface area (Å²) in [6.45, 7) is 3.49. The van der Waals surface area contributed by atoms with Crippen LogP contribution in [0.25, 0.3) is 6.08 Å². The molecular weight excluding hydrogens is 444 g/mol. The van der Waals surface area contributed by atoms with Gasteiger partial charge in [0.15, 0.2) is 16.6 Å². The van der Waals surface area contributed by atoms with Crippen LogP contribution < -0.4 is 9.47 Å². The van der Waals surface area contributed by atoms with Gasteiger partial charge in [-0.25, -0.2) is 0 Å². The smallest absolute Gasteiger partial charge is 0.276 e. The number of likely N-dealkylation sites (N-methyl/N-ethyl adjacent to an activating group) is 1. The number of amides is 1. The molecule has 5 nitrogen and oxygen atoms in total. The molecule has 4 rings (SSSR count). The fraction of sp³-hybridized carbons (Fsp3) is 0.214. The van der Waals surface area contributed by atoms with Crippen LogP contribution >= 0.6 is 12.2 Å². The van der Waals surface area contributed by atoms with E-state index >= 15 is 0 Å². The molecule has 0 N–H and O–H groups in total. The van der Waals surface area contributed by atoms with Crippen molar-refractivity contribution < 1.29 is 14.3 Å². The summed E-state index contributed by atoms with van der Waals surface area (Å²) in [5.41, 5.74) is 3.52. The van der Waals surface area contributed by atoms with Crippen LogP contribution in [0.3, 0.4) is 0 Å². The first-order valence-corrected chi connectivity index (χ1v) is 11.8. The van der Waals surface area contributed by atoms with Gasteiger partial charge in [-0.05, 0) is 53.5 Å². The Labute approximate surface area is 206 Å². The quantitative estimate of drug-likeness (QED) is 0.297. The van der Waals surface area contributed by atoms with Crippen molar-refractivity contribution in [1.82, 2.24) is 9.80 Å². The highest BCUT2D eigenvalue weighted by Crippen LogP contribution is 2.32. The van der Waals surface area contributed by atoms with Gasteiger partial charge in [0.05, 0.1) is 0 Å². The molecule has 0 atom stereocenters. The van der Waals surface area contributed by atoms with Crippen LogP contribution in [0, 0.1) is 0 Å². The van der Waals surface area contributed by atoms with E-state index in [0.717, 1.165) is 23.1 Å². The van der Waals surface area contributed by atoms with Gasteiger partial charge in [0.25, 0.3) is 5.91 Å². The number of carbonyl (C=O) groups is 1. The molecular formula is C28H28N2O3S. The van der Waals surface area contributed by atoms with E-state index in [9.17, 15) is 4.79 Å². The van der Waals surface area contributed by atoms with Crippen molar-refractivity contribution >= 4 is 29.3 Å². The molecule has 34 heavy (non-hydrogen) atoms. The van der Waals surface area contributed by atoms with E-state index in [2.05, 4.69) is 0 Å². The number of carbonyl (C=O) groups excluding carboxylic acids is 1. The summed E-state index contributed by atoms with van der Waals surface area (Å²) in [6.07, 6.45) is 2.69. The second-order valence-electron chi connectivity index (χ2n) is 8.08. The molecule has 3 aromatic rings. The highest BCUT2D eigenvalue weighted by molar-refractivity contribution is 7.80. The Hall–Kier alpha value is -3.64. The first-order chi connectivity index (χ1) is 16.6. The van der Waals surface area contributed by atoms with Gasteiger partial charge in [-0.1, -0.05) is 73.7 Å². The molecule has 1 saturated heterocycles. The molecule has 1 fully saturated rings. The zero-order valence-corrected chi connectivity index (χ0v) is 20.3. The average molecular weight is 473 g/mol. The van der Waals surface area contributed by atoms with Crippen LogP contribution in [0.1, 0.15) is 30.0 Å². The molecule has 0 aromatic heterocycles. The number of nitrogens with zero attached hydrogens (tertiary/aromatic N) is 2. The van der Waals surface area contributed by atoms with Crippen LogP contribution in [-0.4, -0.2) is 34.4 Å². The minimum Gasteiger partial charge on any atom is -0.485 e. The van der Waals surface area contributed by atoms with E-state index in [0.29, 0.717) is 42.1 Å². The number of rotatable bonds is 9. The zero-order valence-electron chi connectivity index (χ0n) is 19.4. The van der Waals surface area contributed by atoms with E-state index in [1.807, 2.05) is 98.9 Å². The Morgan fingerprint density at radius 3 is 2.03 bits per heavy atom. The molecule has 0 bridgehead atoms. The number of hydrogen-bond donors (Lipinski definition) is 0. The normalized spacial score (nSPS) is 14.7. The van der Waals surface area contributed by atoms with Crippen molar-refractivity contribution in [2.45, 2.75) is 26.6 Å². The zero-order chi connectivity index (χ0) is 23.9. The predicted molar refractivity (Wildman–Crippen MR) is 138 cm³/mol. The summed E-state index contributed by atoms with van der Waals surface area (Å²) in [4.78, 5) is 16.3. The fourth-order valence-corrected chi connectivity index (χ4v) is 3.98. The first-order valence-electron chi connectivity index (χ1n) is 11.4. The number of ether oxygens (including phenoxy) is 2. The fourth-order valence-electron chi connectivity index (χ4n) is 3.71. The minimum atomic E-state index is -0.0782. The largest absolute Gasteiger partial charge is 0.485 e. The Morgan fingerprint density at radius 1 is 0.853 bits per heavy atom. The third-order valence-electron chi connectivity index (χ3n) is 5.54. The molecule has 1 heterocycles. The molecule has 0 radical (unpaired) electrons. The van der Waals surface area contributed by atoms with Crippen LogP contribution in [0.15, 0.2) is 84.6 Å². The second kappa shape index (κ2) is 11.0. The maximum absolute atomic E-state index is 12.9. The summed E-state index contributed by atoms with van der Waals surface area (Å²) in [5.74, 6) is 1.19. The number of benzene rings is 3. The summed E-state index contributed by atoms with van der Waals surface area (Å²) in [5, 5.41) is 0.529. The number of thiocarbonyl (C=S) groups is 1. The number of hydrogen-bond acceptors (Lipinski definition) is 4. The predicted octanol–water partition coefficient (Wildman–Crippen LogP) is 5.65. The lowest BCUT2D eigenvalue weighted by Gasteiger charge is -2.15. The highest BCUT2D eigenvalue weighted by atomic mass is 32.1. The second-order valence-corrected chi connectivity index (χ2v) is 8.45. The minimum absolute atomic E-state index is 0.0782. The topological polar surface area (TPSA) is 42.0 Å². The monoisotopic (exact) mass is 472 g/mol. The van der Waals surface area contributed by atoms with Gasteiger partial charge in [-0.15, -0.1) is 0 Å². The molecule has 0 spiro atoms. The van der Waals surface area contributed by atoms with Crippen molar-refractivity contribution in [1.29, 1.82) is 0 Å². The van der Waals surface area contributed by atoms with Gasteiger partial charge >= 0.3 is 0 Å². The molecule has 0 saturated carbocycles. The van der Waals surface area contributed by atoms with Gasteiger partial charge in [0, 0.05) is 13.6 Å². The average Bonchev–Trinajstić information content (AvgIpc) is 3.07. The van der Waals surface area contributed by atoms with E-state index in [-0.39, 0.29) is 5.91 Å². The SMILES string of the molecule is CCCN1C(=O)/C(=C\c2ccc(OCc3ccccc3)c(OCc3ccccc3)c2)N(C)C1=S. The van der Waals surface area contributed by atoms with E-state index in [4.69, 9.17) is 21.7 Å². The van der Waals surface area contributed by atoms with E-state index in [1.165, 1.54) is 0 Å². The van der Waals surface area contributed by atoms with Crippen molar-refractivity contribution in [2.75, 3.05) is 13.6 Å².